The molecule has 80 valence electrons. The van der Waals surface area contributed by atoms with Crippen LogP contribution < -0.4 is 5.32 Å². The van der Waals surface area contributed by atoms with Gasteiger partial charge in [0.1, 0.15) is 0 Å². The van der Waals surface area contributed by atoms with Crippen molar-refractivity contribution >= 4 is 11.6 Å². The molecule has 2 atom stereocenters. The topological polar surface area (TPSA) is 29.1 Å². The highest BCUT2D eigenvalue weighted by atomic mass is 16.1. The monoisotopic (exact) mass is 203 g/mol. The first-order chi connectivity index (χ1) is 7.25. The van der Waals surface area contributed by atoms with Gasteiger partial charge in [0.15, 0.2) is 0 Å². The van der Waals surface area contributed by atoms with Gasteiger partial charge >= 0.3 is 0 Å². The summed E-state index contributed by atoms with van der Waals surface area (Å²) in [4.78, 5) is 11.8. The molecule has 0 bridgehead atoms. The maximum absolute atomic E-state index is 11.8. The van der Waals surface area contributed by atoms with Gasteiger partial charge in [-0.15, -0.1) is 0 Å². The maximum Gasteiger partial charge on any atom is 0.227 e. The number of hydrogen-bond donors (Lipinski definition) is 1. The van der Waals surface area contributed by atoms with Crippen LogP contribution in [0.2, 0.25) is 0 Å². The molecule has 1 amide bonds. The minimum absolute atomic E-state index is 0.186. The molecule has 0 heterocycles. The number of amides is 1. The Morgan fingerprint density at radius 2 is 2.00 bits per heavy atom. The summed E-state index contributed by atoms with van der Waals surface area (Å²) in [5.41, 5.74) is 0.905. The molecule has 15 heavy (non-hydrogen) atoms. The van der Waals surface area contributed by atoms with E-state index in [4.69, 9.17) is 0 Å². The minimum atomic E-state index is 0.186. The van der Waals surface area contributed by atoms with Crippen molar-refractivity contribution in [3.63, 3.8) is 0 Å². The number of nitrogens with one attached hydrogen (secondary N) is 1. The third-order valence-corrected chi connectivity index (χ3v) is 3.11. The molecule has 0 radical (unpaired) electrons. The molecule has 2 nitrogen and oxygen atoms in total. The molecule has 1 aromatic rings. The lowest BCUT2D eigenvalue weighted by Crippen LogP contribution is -2.20. The van der Waals surface area contributed by atoms with E-state index in [0.717, 1.165) is 18.5 Å². The van der Waals surface area contributed by atoms with Crippen molar-refractivity contribution in [1.29, 1.82) is 0 Å². The van der Waals surface area contributed by atoms with E-state index < -0.39 is 0 Å². The standard InChI is InChI=1S/C13H17NO/c1-10-7-8-11(9-10)13(15)14-12-5-3-2-4-6-12/h2-6,10-11H,7-9H2,1H3,(H,14,15)/t10-,11?/m1/s1. The fourth-order valence-electron chi connectivity index (χ4n) is 2.21. The second-order valence-corrected chi connectivity index (χ2v) is 4.47. The highest BCUT2D eigenvalue weighted by Crippen LogP contribution is 2.31. The van der Waals surface area contributed by atoms with Gasteiger partial charge in [0.25, 0.3) is 0 Å². The molecule has 0 aliphatic heterocycles. The molecule has 0 spiro atoms. The van der Waals surface area contributed by atoms with Crippen LogP contribution in [0.3, 0.4) is 0 Å². The molecule has 1 aromatic carbocycles. The van der Waals surface area contributed by atoms with E-state index in [1.54, 1.807) is 0 Å². The van der Waals surface area contributed by atoms with Gasteiger partial charge in [0.2, 0.25) is 5.91 Å². The molecular formula is C13H17NO. The van der Waals surface area contributed by atoms with Gasteiger partial charge in [-0.2, -0.15) is 0 Å². The molecule has 1 fully saturated rings. The van der Waals surface area contributed by atoms with Crippen LogP contribution in [0.4, 0.5) is 5.69 Å². The zero-order valence-electron chi connectivity index (χ0n) is 9.07. The zero-order valence-corrected chi connectivity index (χ0v) is 9.07. The maximum atomic E-state index is 11.8. The quantitative estimate of drug-likeness (QED) is 0.786. The van der Waals surface area contributed by atoms with Crippen molar-refractivity contribution in [2.75, 3.05) is 5.32 Å². The lowest BCUT2D eigenvalue weighted by atomic mass is 10.1. The summed E-state index contributed by atoms with van der Waals surface area (Å²) in [6.45, 7) is 2.22. The zero-order chi connectivity index (χ0) is 10.7. The normalized spacial score (nSPS) is 25.1. The van der Waals surface area contributed by atoms with Crippen molar-refractivity contribution in [3.8, 4) is 0 Å². The number of carbonyl (C=O) groups excluding carboxylic acids is 1. The fourth-order valence-corrected chi connectivity index (χ4v) is 2.21. The van der Waals surface area contributed by atoms with Crippen LogP contribution >= 0.6 is 0 Å². The minimum Gasteiger partial charge on any atom is -0.326 e. The molecule has 2 heteroatoms. The average Bonchev–Trinajstić information content (AvgIpc) is 2.66. The number of benzene rings is 1. The van der Waals surface area contributed by atoms with Crippen LogP contribution in [0.1, 0.15) is 26.2 Å². The summed E-state index contributed by atoms with van der Waals surface area (Å²) in [5, 5.41) is 2.97. The van der Waals surface area contributed by atoms with Crippen LogP contribution in [0.25, 0.3) is 0 Å². The second-order valence-electron chi connectivity index (χ2n) is 4.47. The van der Waals surface area contributed by atoms with Gasteiger partial charge in [-0.3, -0.25) is 4.79 Å². The van der Waals surface area contributed by atoms with Gasteiger partial charge < -0.3 is 5.32 Å². The Kier molecular flexibility index (Phi) is 3.05. The molecule has 0 saturated heterocycles. The Bertz CT molecular complexity index is 334. The van der Waals surface area contributed by atoms with Crippen LogP contribution in [0, 0.1) is 11.8 Å². The molecule has 0 aromatic heterocycles. The number of anilines is 1. The van der Waals surface area contributed by atoms with E-state index in [1.807, 2.05) is 30.3 Å². The van der Waals surface area contributed by atoms with Crippen LogP contribution in [0.5, 0.6) is 0 Å². The average molecular weight is 203 g/mol. The van der Waals surface area contributed by atoms with Crippen LogP contribution in [-0.2, 0) is 4.79 Å². The summed E-state index contributed by atoms with van der Waals surface area (Å²) in [5.74, 6) is 1.11. The first-order valence-corrected chi connectivity index (χ1v) is 5.61. The number of carbonyl (C=O) groups is 1. The van der Waals surface area contributed by atoms with Gasteiger partial charge in [0.05, 0.1) is 0 Å². The number of para-hydroxylation sites is 1. The van der Waals surface area contributed by atoms with Gasteiger partial charge in [0, 0.05) is 11.6 Å². The fraction of sp³-hybridized carbons (Fsp3) is 0.462. The predicted molar refractivity (Wildman–Crippen MR) is 61.6 cm³/mol. The van der Waals surface area contributed by atoms with E-state index >= 15 is 0 Å². The number of hydrogen-bond acceptors (Lipinski definition) is 1. The highest BCUT2D eigenvalue weighted by molar-refractivity contribution is 5.92. The Morgan fingerprint density at radius 3 is 2.60 bits per heavy atom. The molecule has 1 aliphatic carbocycles. The van der Waals surface area contributed by atoms with Crippen LogP contribution in [0.15, 0.2) is 30.3 Å². The van der Waals surface area contributed by atoms with E-state index in [0.29, 0.717) is 5.92 Å². The molecule has 1 N–H and O–H groups in total. The van der Waals surface area contributed by atoms with E-state index in [-0.39, 0.29) is 11.8 Å². The van der Waals surface area contributed by atoms with Crippen LogP contribution in [-0.4, -0.2) is 5.91 Å². The van der Waals surface area contributed by atoms with Gasteiger partial charge in [-0.25, -0.2) is 0 Å². The van der Waals surface area contributed by atoms with Crippen molar-refractivity contribution in [2.45, 2.75) is 26.2 Å². The summed E-state index contributed by atoms with van der Waals surface area (Å²) >= 11 is 0. The van der Waals surface area contributed by atoms with E-state index in [1.165, 1.54) is 6.42 Å². The predicted octanol–water partition coefficient (Wildman–Crippen LogP) is 3.06. The molecule has 1 aliphatic rings. The third kappa shape index (κ3) is 2.58. The highest BCUT2D eigenvalue weighted by Gasteiger charge is 2.27. The first kappa shape index (κ1) is 10.2. The SMILES string of the molecule is C[C@@H]1CCC(C(=O)Nc2ccccc2)C1. The number of rotatable bonds is 2. The summed E-state index contributed by atoms with van der Waals surface area (Å²) in [6.07, 6.45) is 3.27. The Labute approximate surface area is 90.7 Å². The summed E-state index contributed by atoms with van der Waals surface area (Å²) in [7, 11) is 0. The Balaban J connectivity index is 1.93. The Hall–Kier alpha value is -1.31. The molecule has 1 unspecified atom stereocenters. The smallest absolute Gasteiger partial charge is 0.227 e. The lowest BCUT2D eigenvalue weighted by molar-refractivity contribution is -0.119. The second kappa shape index (κ2) is 4.47. The summed E-state index contributed by atoms with van der Waals surface area (Å²) in [6, 6.07) is 9.68. The van der Waals surface area contributed by atoms with Crippen molar-refractivity contribution < 1.29 is 4.79 Å². The van der Waals surface area contributed by atoms with Gasteiger partial charge in [-0.1, -0.05) is 25.1 Å². The Morgan fingerprint density at radius 1 is 1.27 bits per heavy atom. The lowest BCUT2D eigenvalue weighted by Gasteiger charge is -2.10. The largest absolute Gasteiger partial charge is 0.326 e. The molecule has 2 rings (SSSR count). The molecular weight excluding hydrogens is 186 g/mol. The van der Waals surface area contributed by atoms with Gasteiger partial charge in [-0.05, 0) is 37.3 Å². The molecule has 1 saturated carbocycles. The van der Waals surface area contributed by atoms with E-state index in [2.05, 4.69) is 12.2 Å². The van der Waals surface area contributed by atoms with Crippen molar-refractivity contribution in [3.05, 3.63) is 30.3 Å². The first-order valence-electron chi connectivity index (χ1n) is 5.61. The summed E-state index contributed by atoms with van der Waals surface area (Å²) < 4.78 is 0. The van der Waals surface area contributed by atoms with Crippen molar-refractivity contribution in [1.82, 2.24) is 0 Å². The van der Waals surface area contributed by atoms with E-state index in [9.17, 15) is 4.79 Å². The third-order valence-electron chi connectivity index (χ3n) is 3.11. The van der Waals surface area contributed by atoms with Crippen molar-refractivity contribution in [2.24, 2.45) is 11.8 Å².